The van der Waals surface area contributed by atoms with Crippen molar-refractivity contribution in [2.75, 3.05) is 6.54 Å². The van der Waals surface area contributed by atoms with Crippen LogP contribution in [0.4, 0.5) is 4.39 Å². The molecule has 3 aromatic rings. The van der Waals surface area contributed by atoms with E-state index in [9.17, 15) is 19.1 Å². The molecule has 2 aromatic carbocycles. The number of aliphatic hydroxyl groups is 1. The molecule has 1 aromatic heterocycles. The van der Waals surface area contributed by atoms with Crippen LogP contribution in [0.2, 0.25) is 5.02 Å². The smallest absolute Gasteiger partial charge is 0.303 e. The van der Waals surface area contributed by atoms with Gasteiger partial charge in [-0.15, -0.1) is 0 Å². The van der Waals surface area contributed by atoms with Crippen molar-refractivity contribution in [3.8, 4) is 0 Å². The molecule has 2 N–H and O–H groups in total. The second-order valence-corrected chi connectivity index (χ2v) is 9.00. The van der Waals surface area contributed by atoms with Gasteiger partial charge in [-0.05, 0) is 48.2 Å². The Morgan fingerprint density at radius 2 is 1.94 bits per heavy atom. The maximum Gasteiger partial charge on any atom is 0.303 e. The summed E-state index contributed by atoms with van der Waals surface area (Å²) in [7, 11) is 0. The molecule has 0 aliphatic carbocycles. The molecule has 2 aliphatic heterocycles. The number of hydrogen-bond acceptors (Lipinski definition) is 4. The number of nitrogens with zero attached hydrogens (tertiary/aromatic N) is 3. The summed E-state index contributed by atoms with van der Waals surface area (Å²) in [4.78, 5) is 27.0. The number of carbonyl (C=O) groups excluding carboxylic acids is 1. The summed E-state index contributed by atoms with van der Waals surface area (Å²) in [5.41, 5.74) is 3.87. The molecule has 1 fully saturated rings. The van der Waals surface area contributed by atoms with E-state index in [1.54, 1.807) is 17.0 Å². The summed E-state index contributed by atoms with van der Waals surface area (Å²) < 4.78 is 15.5. The van der Waals surface area contributed by atoms with E-state index in [0.717, 1.165) is 27.7 Å². The number of fused-ring (bicyclic) bond motifs is 4. The fourth-order valence-electron chi connectivity index (χ4n) is 4.98. The third-order valence-corrected chi connectivity index (χ3v) is 6.80. The van der Waals surface area contributed by atoms with Crippen LogP contribution in [0, 0.1) is 5.82 Å². The van der Waals surface area contributed by atoms with E-state index >= 15 is 0 Å². The van der Waals surface area contributed by atoms with Gasteiger partial charge >= 0.3 is 5.97 Å². The fourth-order valence-corrected chi connectivity index (χ4v) is 5.15. The van der Waals surface area contributed by atoms with Crippen LogP contribution in [0.3, 0.4) is 0 Å². The van der Waals surface area contributed by atoms with Gasteiger partial charge in [0.2, 0.25) is 5.91 Å². The van der Waals surface area contributed by atoms with Gasteiger partial charge in [-0.3, -0.25) is 9.59 Å². The van der Waals surface area contributed by atoms with Crippen LogP contribution in [-0.2, 0) is 29.1 Å². The molecule has 3 heterocycles. The maximum atomic E-state index is 13.4. The van der Waals surface area contributed by atoms with Crippen LogP contribution in [0.1, 0.15) is 29.7 Å². The molecule has 2 aliphatic rings. The first-order valence-corrected chi connectivity index (χ1v) is 11.2. The molecule has 7 nitrogen and oxygen atoms in total. The summed E-state index contributed by atoms with van der Waals surface area (Å²) in [5, 5.41) is 21.4. The second kappa shape index (κ2) is 8.44. The lowest BCUT2D eigenvalue weighted by atomic mass is 9.97. The van der Waals surface area contributed by atoms with Crippen LogP contribution in [0.15, 0.2) is 42.5 Å². The Bertz CT molecular complexity index is 1240. The normalized spacial score (nSPS) is 20.3. The molecule has 2 atom stereocenters. The number of aliphatic hydroxyl groups excluding tert-OH is 1. The average Bonchev–Trinajstić information content (AvgIpc) is 3.20. The Labute approximate surface area is 194 Å². The molecule has 1 amide bonds. The summed E-state index contributed by atoms with van der Waals surface area (Å²) in [6.45, 7) is 1.04. The number of benzene rings is 2. The quantitative estimate of drug-likeness (QED) is 0.576. The third-order valence-electron chi connectivity index (χ3n) is 6.57. The number of aliphatic carboxylic acids is 1. The number of carboxylic acids is 1. The maximum absolute atomic E-state index is 13.4. The van der Waals surface area contributed by atoms with Crippen LogP contribution < -0.4 is 0 Å². The summed E-state index contributed by atoms with van der Waals surface area (Å²) >= 11 is 6.29. The first-order valence-electron chi connectivity index (χ1n) is 10.8. The van der Waals surface area contributed by atoms with Crippen molar-refractivity contribution in [1.82, 2.24) is 14.4 Å². The van der Waals surface area contributed by atoms with Crippen LogP contribution in [0.25, 0.3) is 10.9 Å². The van der Waals surface area contributed by atoms with E-state index in [1.807, 2.05) is 18.2 Å². The van der Waals surface area contributed by atoms with Gasteiger partial charge in [0, 0.05) is 42.2 Å². The number of carboxylic acid groups (broad SMARTS) is 1. The molecule has 33 heavy (non-hydrogen) atoms. The van der Waals surface area contributed by atoms with Crippen molar-refractivity contribution in [2.45, 2.75) is 44.7 Å². The predicted octanol–water partition coefficient (Wildman–Crippen LogP) is 3.19. The molecule has 0 radical (unpaired) electrons. The first kappa shape index (κ1) is 21.9. The van der Waals surface area contributed by atoms with Crippen LogP contribution in [-0.4, -0.2) is 55.4 Å². The van der Waals surface area contributed by atoms with E-state index < -0.39 is 18.4 Å². The topological polar surface area (TPSA) is 86.0 Å². The monoisotopic (exact) mass is 471 g/mol. The molecule has 0 bridgehead atoms. The highest BCUT2D eigenvalue weighted by Crippen LogP contribution is 2.38. The van der Waals surface area contributed by atoms with Crippen molar-refractivity contribution in [2.24, 2.45) is 0 Å². The molecule has 9 heteroatoms. The highest BCUT2D eigenvalue weighted by molar-refractivity contribution is 6.31. The van der Waals surface area contributed by atoms with Gasteiger partial charge in [-0.2, -0.15) is 0 Å². The van der Waals surface area contributed by atoms with Gasteiger partial charge in [0.1, 0.15) is 5.82 Å². The lowest BCUT2D eigenvalue weighted by molar-refractivity contribution is -0.140. The van der Waals surface area contributed by atoms with E-state index in [2.05, 4.69) is 4.57 Å². The largest absolute Gasteiger partial charge is 0.481 e. The summed E-state index contributed by atoms with van der Waals surface area (Å²) in [6, 6.07) is 11.5. The van der Waals surface area contributed by atoms with Crippen molar-refractivity contribution >= 4 is 34.4 Å². The summed E-state index contributed by atoms with van der Waals surface area (Å²) in [6.07, 6.45) is -0.445. The van der Waals surface area contributed by atoms with E-state index in [1.165, 1.54) is 17.0 Å². The minimum Gasteiger partial charge on any atom is -0.481 e. The molecule has 1 saturated heterocycles. The fraction of sp³-hybridized carbons (Fsp3) is 0.333. The Hall–Kier alpha value is -2.94. The summed E-state index contributed by atoms with van der Waals surface area (Å²) in [5.74, 6) is -1.42. The Balaban J connectivity index is 1.50. The van der Waals surface area contributed by atoms with Gasteiger partial charge in [0.05, 0.1) is 11.6 Å². The predicted molar refractivity (Wildman–Crippen MR) is 120 cm³/mol. The third kappa shape index (κ3) is 3.88. The van der Waals surface area contributed by atoms with E-state index in [0.29, 0.717) is 24.5 Å². The minimum absolute atomic E-state index is 0.0600. The van der Waals surface area contributed by atoms with Crippen molar-refractivity contribution in [3.63, 3.8) is 0 Å². The van der Waals surface area contributed by atoms with Gasteiger partial charge in [0.25, 0.3) is 0 Å². The van der Waals surface area contributed by atoms with E-state index in [-0.39, 0.29) is 31.1 Å². The number of amides is 1. The number of carbonyl (C=O) groups is 2. The molecule has 0 saturated carbocycles. The lowest BCUT2D eigenvalue weighted by Gasteiger charge is -2.31. The number of aromatic nitrogens is 1. The Morgan fingerprint density at radius 1 is 1.18 bits per heavy atom. The van der Waals surface area contributed by atoms with Gasteiger partial charge in [-0.25, -0.2) is 9.29 Å². The standard InChI is InChI=1S/C24H23ClFN3O4/c25-15-5-8-17-18-11-20-23(32)27(9-1-2-22(30)31)24(33)29(20)13-21(18)28(19(17)10-15)12-14-3-6-16(26)7-4-14/h3-8,10,20,24,33H,1-2,9,11-13H2,(H,30,31)/t20-,24?/m0/s1. The minimum atomic E-state index is -1.11. The number of rotatable bonds is 6. The molecular formula is C24H23ClFN3O4. The van der Waals surface area contributed by atoms with Crippen molar-refractivity contribution in [1.29, 1.82) is 0 Å². The highest BCUT2D eigenvalue weighted by Gasteiger charge is 2.48. The number of halogens is 2. The zero-order valence-corrected chi connectivity index (χ0v) is 18.5. The zero-order valence-electron chi connectivity index (χ0n) is 17.7. The molecule has 1 unspecified atom stereocenters. The Morgan fingerprint density at radius 3 is 2.67 bits per heavy atom. The van der Waals surface area contributed by atoms with Gasteiger partial charge < -0.3 is 19.7 Å². The molecule has 0 spiro atoms. The van der Waals surface area contributed by atoms with Crippen molar-refractivity contribution in [3.05, 3.63) is 70.1 Å². The first-order chi connectivity index (χ1) is 15.8. The highest BCUT2D eigenvalue weighted by atomic mass is 35.5. The van der Waals surface area contributed by atoms with Gasteiger partial charge in [0.15, 0.2) is 6.35 Å². The molecule has 172 valence electrons. The molecular weight excluding hydrogens is 449 g/mol. The Kier molecular flexibility index (Phi) is 5.60. The molecule has 5 rings (SSSR count). The van der Waals surface area contributed by atoms with E-state index in [4.69, 9.17) is 16.7 Å². The van der Waals surface area contributed by atoms with Gasteiger partial charge in [-0.1, -0.05) is 29.8 Å². The zero-order chi connectivity index (χ0) is 23.3. The van der Waals surface area contributed by atoms with Crippen LogP contribution in [0.5, 0.6) is 0 Å². The SMILES string of the molecule is O=C(O)CCCN1C(=O)[C@@H]2Cc3c(n(Cc4ccc(F)cc4)c4cc(Cl)ccc34)CN2C1O. The van der Waals surface area contributed by atoms with Crippen LogP contribution >= 0.6 is 11.6 Å². The lowest BCUT2D eigenvalue weighted by Crippen LogP contribution is -2.43. The average molecular weight is 472 g/mol. The van der Waals surface area contributed by atoms with Crippen molar-refractivity contribution < 1.29 is 24.2 Å². The second-order valence-electron chi connectivity index (χ2n) is 8.57. The number of hydrogen-bond donors (Lipinski definition) is 2.